The Morgan fingerprint density at radius 3 is 2.63 bits per heavy atom. The smallest absolute Gasteiger partial charge is 0.410 e. The maximum Gasteiger partial charge on any atom is 0.410 e. The van der Waals surface area contributed by atoms with Gasteiger partial charge in [0.15, 0.2) is 0 Å². The maximum atomic E-state index is 13.4. The summed E-state index contributed by atoms with van der Waals surface area (Å²) < 4.78 is 29.7. The van der Waals surface area contributed by atoms with Crippen LogP contribution in [-0.2, 0) is 14.3 Å². The van der Waals surface area contributed by atoms with Gasteiger partial charge in [-0.1, -0.05) is 43.0 Å². The van der Waals surface area contributed by atoms with Gasteiger partial charge in [-0.3, -0.25) is 4.79 Å². The number of halogens is 1. The first kappa shape index (κ1) is 27.6. The van der Waals surface area contributed by atoms with Crippen LogP contribution in [0, 0.1) is 11.2 Å². The molecule has 1 saturated heterocycles. The molecule has 0 N–H and O–H groups in total. The number of pyridine rings is 1. The van der Waals surface area contributed by atoms with Crippen molar-refractivity contribution in [3.63, 3.8) is 0 Å². The molecule has 0 radical (unpaired) electrons. The van der Waals surface area contributed by atoms with Crippen LogP contribution in [0.2, 0.25) is 0 Å². The molecule has 1 saturated carbocycles. The molecule has 1 aliphatic carbocycles. The van der Waals surface area contributed by atoms with E-state index >= 15 is 0 Å². The van der Waals surface area contributed by atoms with Gasteiger partial charge in [0, 0.05) is 36.5 Å². The first-order valence-electron chi connectivity index (χ1n) is 13.1. The van der Waals surface area contributed by atoms with Gasteiger partial charge in [-0.25, -0.2) is 14.2 Å². The second-order valence-corrected chi connectivity index (χ2v) is 10.1. The Hall–Kier alpha value is -3.46. The minimum absolute atomic E-state index is 0.0351. The lowest BCUT2D eigenvalue weighted by Gasteiger charge is -2.44. The van der Waals surface area contributed by atoms with Gasteiger partial charge in [-0.05, 0) is 44.0 Å². The number of likely N-dealkylation sites (tertiary alicyclic amines) is 1. The highest BCUT2D eigenvalue weighted by atomic mass is 19.1. The molecule has 2 heterocycles. The van der Waals surface area contributed by atoms with E-state index in [1.165, 1.54) is 24.8 Å². The van der Waals surface area contributed by atoms with Crippen LogP contribution >= 0.6 is 0 Å². The lowest BCUT2D eigenvalue weighted by molar-refractivity contribution is -0.141. The second-order valence-electron chi connectivity index (χ2n) is 10.1. The van der Waals surface area contributed by atoms with Gasteiger partial charge in [-0.15, -0.1) is 0 Å². The van der Waals surface area contributed by atoms with E-state index in [1.807, 2.05) is 23.1 Å². The van der Waals surface area contributed by atoms with E-state index < -0.39 is 5.82 Å². The predicted molar refractivity (Wildman–Crippen MR) is 140 cm³/mol. The fourth-order valence-corrected chi connectivity index (χ4v) is 5.10. The topological polar surface area (TPSA) is 81.2 Å². The number of amides is 1. The van der Waals surface area contributed by atoms with E-state index in [2.05, 4.69) is 28.6 Å². The van der Waals surface area contributed by atoms with E-state index in [9.17, 15) is 14.0 Å². The third-order valence-corrected chi connectivity index (χ3v) is 7.45. The van der Waals surface area contributed by atoms with Crippen LogP contribution in [-0.4, -0.2) is 79.4 Å². The lowest BCUT2D eigenvalue weighted by Crippen LogP contribution is -2.51. The van der Waals surface area contributed by atoms with Gasteiger partial charge in [0.25, 0.3) is 0 Å². The number of carbonyl (C=O) groups excluding carboxylic acids is 2. The van der Waals surface area contributed by atoms with Gasteiger partial charge < -0.3 is 24.0 Å². The number of hydrogen-bond acceptors (Lipinski definition) is 7. The highest BCUT2D eigenvalue weighted by Crippen LogP contribution is 2.47. The van der Waals surface area contributed by atoms with Crippen LogP contribution < -0.4 is 4.74 Å². The van der Waals surface area contributed by atoms with Crippen molar-refractivity contribution in [1.29, 1.82) is 0 Å². The number of aromatic nitrogens is 1. The van der Waals surface area contributed by atoms with Gasteiger partial charge in [0.2, 0.25) is 5.88 Å². The number of piperidine rings is 1. The standard InChI is InChI=1S/C29H36FN3O5/c1-3-17-37-28(35)33(25-18-24(25)22-7-5-4-6-8-22)20-29(21-38-26-10-9-23(30)19-31-26)12-15-32(16-13-29)14-11-27(34)36-2/h3-10,19,24-25H,1,11-18,20-21H2,2H3/t24-,25+/m0/s1. The summed E-state index contributed by atoms with van der Waals surface area (Å²) in [6.07, 6.45) is 5.05. The third kappa shape index (κ3) is 7.31. The van der Waals surface area contributed by atoms with Crippen LogP contribution in [0.5, 0.6) is 5.88 Å². The quantitative estimate of drug-likeness (QED) is 0.300. The third-order valence-electron chi connectivity index (χ3n) is 7.45. The zero-order valence-corrected chi connectivity index (χ0v) is 21.9. The fraction of sp³-hybridized carbons (Fsp3) is 0.483. The van der Waals surface area contributed by atoms with Crippen molar-refractivity contribution in [3.8, 4) is 5.88 Å². The Balaban J connectivity index is 1.50. The van der Waals surface area contributed by atoms with Crippen molar-refractivity contribution in [2.75, 3.05) is 46.5 Å². The highest BCUT2D eigenvalue weighted by Gasteiger charge is 2.49. The lowest BCUT2D eigenvalue weighted by atomic mass is 9.78. The summed E-state index contributed by atoms with van der Waals surface area (Å²) >= 11 is 0. The Morgan fingerprint density at radius 1 is 1.21 bits per heavy atom. The SMILES string of the molecule is C=CCOC(=O)N(CC1(COc2ccc(F)cn2)CCN(CCC(=O)OC)CC1)[C@@H]1C[C@H]1c1ccccc1. The fourth-order valence-electron chi connectivity index (χ4n) is 5.10. The molecule has 8 nitrogen and oxygen atoms in total. The van der Waals surface area contributed by atoms with Crippen molar-refractivity contribution >= 4 is 12.1 Å². The molecule has 2 fully saturated rings. The Labute approximate surface area is 223 Å². The zero-order valence-electron chi connectivity index (χ0n) is 21.9. The van der Waals surface area contributed by atoms with E-state index in [0.717, 1.165) is 38.5 Å². The molecule has 1 amide bonds. The first-order valence-corrected chi connectivity index (χ1v) is 13.1. The summed E-state index contributed by atoms with van der Waals surface area (Å²) in [6, 6.07) is 13.1. The normalized spacial score (nSPS) is 20.3. The Kier molecular flexibility index (Phi) is 9.33. The van der Waals surface area contributed by atoms with E-state index in [1.54, 1.807) is 6.08 Å². The monoisotopic (exact) mass is 525 g/mol. The highest BCUT2D eigenvalue weighted by molar-refractivity contribution is 5.69. The molecule has 0 unspecified atom stereocenters. The summed E-state index contributed by atoms with van der Waals surface area (Å²) in [4.78, 5) is 33.0. The molecule has 1 aromatic heterocycles. The number of esters is 1. The molecule has 2 atom stereocenters. The zero-order chi connectivity index (χ0) is 27.0. The maximum absolute atomic E-state index is 13.4. The average Bonchev–Trinajstić information content (AvgIpc) is 3.75. The van der Waals surface area contributed by atoms with Crippen molar-refractivity contribution in [3.05, 3.63) is 72.7 Å². The summed E-state index contributed by atoms with van der Waals surface area (Å²) in [5.41, 5.74) is 0.840. The van der Waals surface area contributed by atoms with Crippen molar-refractivity contribution in [1.82, 2.24) is 14.8 Å². The van der Waals surface area contributed by atoms with Gasteiger partial charge in [0.1, 0.15) is 12.4 Å². The molecule has 204 valence electrons. The first-order chi connectivity index (χ1) is 18.4. The summed E-state index contributed by atoms with van der Waals surface area (Å²) in [6.45, 7) is 6.71. The predicted octanol–water partition coefficient (Wildman–Crippen LogP) is 4.43. The number of benzene rings is 1. The number of ether oxygens (including phenoxy) is 3. The van der Waals surface area contributed by atoms with E-state index in [-0.39, 0.29) is 36.0 Å². The second kappa shape index (κ2) is 12.9. The molecular formula is C29H36FN3O5. The van der Waals surface area contributed by atoms with Crippen LogP contribution in [0.1, 0.15) is 37.2 Å². The average molecular weight is 526 g/mol. The molecule has 1 aliphatic heterocycles. The molecular weight excluding hydrogens is 489 g/mol. The summed E-state index contributed by atoms with van der Waals surface area (Å²) in [7, 11) is 1.39. The van der Waals surface area contributed by atoms with E-state index in [0.29, 0.717) is 32.0 Å². The summed E-state index contributed by atoms with van der Waals surface area (Å²) in [5, 5.41) is 0. The van der Waals surface area contributed by atoms with Gasteiger partial charge in [0.05, 0.1) is 26.3 Å². The number of rotatable bonds is 12. The molecule has 2 aromatic rings. The van der Waals surface area contributed by atoms with Crippen molar-refractivity contribution in [2.24, 2.45) is 5.41 Å². The van der Waals surface area contributed by atoms with Crippen LogP contribution in [0.25, 0.3) is 0 Å². The van der Waals surface area contributed by atoms with Crippen molar-refractivity contribution in [2.45, 2.75) is 37.6 Å². The Bertz CT molecular complexity index is 1070. The van der Waals surface area contributed by atoms with Crippen LogP contribution in [0.4, 0.5) is 9.18 Å². The largest absolute Gasteiger partial charge is 0.477 e. The molecule has 4 rings (SSSR count). The summed E-state index contributed by atoms with van der Waals surface area (Å²) in [5.74, 6) is -0.0650. The minimum atomic E-state index is -0.428. The Morgan fingerprint density at radius 2 is 1.97 bits per heavy atom. The molecule has 0 bridgehead atoms. The number of hydrogen-bond donors (Lipinski definition) is 0. The number of methoxy groups -OCH3 is 1. The van der Waals surface area contributed by atoms with Gasteiger partial charge in [-0.2, -0.15) is 0 Å². The molecule has 9 heteroatoms. The van der Waals surface area contributed by atoms with Crippen molar-refractivity contribution < 1.29 is 28.2 Å². The van der Waals surface area contributed by atoms with Crippen LogP contribution in [0.15, 0.2) is 61.3 Å². The number of carbonyl (C=O) groups is 2. The molecule has 1 aromatic carbocycles. The minimum Gasteiger partial charge on any atom is -0.477 e. The molecule has 2 aliphatic rings. The molecule has 38 heavy (non-hydrogen) atoms. The van der Waals surface area contributed by atoms with Gasteiger partial charge >= 0.3 is 12.1 Å². The van der Waals surface area contributed by atoms with E-state index in [4.69, 9.17) is 14.2 Å². The van der Waals surface area contributed by atoms with Crippen LogP contribution in [0.3, 0.4) is 0 Å². The molecule has 0 spiro atoms. The number of nitrogens with zero attached hydrogens (tertiary/aromatic N) is 3.